The van der Waals surface area contributed by atoms with Gasteiger partial charge in [-0.25, -0.2) is 9.79 Å². The third kappa shape index (κ3) is 9.46. The molecule has 32 heavy (non-hydrogen) atoms. The number of aryl methyl sites for hydroxylation is 1. The first kappa shape index (κ1) is 27.7. The molecule has 0 spiro atoms. The van der Waals surface area contributed by atoms with Crippen molar-refractivity contribution in [2.75, 3.05) is 20.6 Å². The first-order valence-electron chi connectivity index (χ1n) is 10.6. The minimum Gasteiger partial charge on any atom is -0.444 e. The summed E-state index contributed by atoms with van der Waals surface area (Å²) in [7, 11) is 5.68. The maximum atomic E-state index is 12.1. The van der Waals surface area contributed by atoms with E-state index < -0.39 is 5.60 Å². The first-order chi connectivity index (χ1) is 14.6. The lowest BCUT2D eigenvalue weighted by atomic mass is 10.1. The van der Waals surface area contributed by atoms with Crippen molar-refractivity contribution in [1.29, 1.82) is 0 Å². The number of aromatic nitrogens is 2. The molecule has 2 rings (SSSR count). The molecule has 0 radical (unpaired) electrons. The summed E-state index contributed by atoms with van der Waals surface area (Å²) in [5.74, 6) is 0.847. The van der Waals surface area contributed by atoms with Crippen LogP contribution in [0.3, 0.4) is 0 Å². The molecule has 0 fully saturated rings. The van der Waals surface area contributed by atoms with Gasteiger partial charge in [-0.3, -0.25) is 4.68 Å². The number of benzene rings is 1. The second-order valence-corrected chi connectivity index (χ2v) is 8.70. The predicted molar refractivity (Wildman–Crippen MR) is 139 cm³/mol. The van der Waals surface area contributed by atoms with Crippen LogP contribution in [0, 0.1) is 0 Å². The Kier molecular flexibility index (Phi) is 11.0. The van der Waals surface area contributed by atoms with Crippen molar-refractivity contribution in [3.05, 3.63) is 53.3 Å². The number of hydrogen-bond donors (Lipinski definition) is 1. The van der Waals surface area contributed by atoms with E-state index in [1.54, 1.807) is 16.6 Å². The molecule has 0 aliphatic heterocycles. The van der Waals surface area contributed by atoms with Crippen molar-refractivity contribution in [3.63, 3.8) is 0 Å². The van der Waals surface area contributed by atoms with Gasteiger partial charge in [0.1, 0.15) is 5.60 Å². The second kappa shape index (κ2) is 12.7. The Bertz CT molecular complexity index is 873. The van der Waals surface area contributed by atoms with E-state index in [-0.39, 0.29) is 30.1 Å². The van der Waals surface area contributed by atoms with Crippen molar-refractivity contribution >= 4 is 36.0 Å². The number of nitrogens with one attached hydrogen (secondary N) is 1. The Morgan fingerprint density at radius 1 is 1.09 bits per heavy atom. The van der Waals surface area contributed by atoms with Gasteiger partial charge >= 0.3 is 6.09 Å². The Labute approximate surface area is 209 Å². The molecule has 1 aromatic carbocycles. The van der Waals surface area contributed by atoms with Crippen molar-refractivity contribution in [2.24, 2.45) is 12.0 Å². The topological polar surface area (TPSA) is 75.0 Å². The largest absolute Gasteiger partial charge is 0.444 e. The Hall–Kier alpha value is -2.30. The number of aliphatic imine (C=N–C) groups is 1. The second-order valence-electron chi connectivity index (χ2n) is 8.70. The van der Waals surface area contributed by atoms with Crippen LogP contribution in [0.15, 0.2) is 41.7 Å². The zero-order valence-electron chi connectivity index (χ0n) is 20.3. The minimum absolute atomic E-state index is 0. The fourth-order valence-corrected chi connectivity index (χ4v) is 2.97. The van der Waals surface area contributed by atoms with Gasteiger partial charge in [-0.15, -0.1) is 24.0 Å². The Morgan fingerprint density at radius 2 is 1.69 bits per heavy atom. The lowest BCUT2D eigenvalue weighted by Gasteiger charge is -2.24. The highest BCUT2D eigenvalue weighted by atomic mass is 127. The highest BCUT2D eigenvalue weighted by Gasteiger charge is 2.19. The number of carbonyl (C=O) groups excluding carboxylic acids is 1. The van der Waals surface area contributed by atoms with E-state index in [1.165, 1.54) is 0 Å². The summed E-state index contributed by atoms with van der Waals surface area (Å²) in [6.07, 6.45) is 3.55. The van der Waals surface area contributed by atoms with Crippen LogP contribution in [0.1, 0.15) is 44.4 Å². The third-order valence-electron chi connectivity index (χ3n) is 4.43. The first-order valence-corrected chi connectivity index (χ1v) is 10.6. The smallest absolute Gasteiger partial charge is 0.410 e. The van der Waals surface area contributed by atoms with E-state index in [4.69, 9.17) is 9.73 Å². The average molecular weight is 556 g/mol. The van der Waals surface area contributed by atoms with Crippen LogP contribution in [0.25, 0.3) is 0 Å². The van der Waals surface area contributed by atoms with Crippen LogP contribution in [0.4, 0.5) is 4.79 Å². The quantitative estimate of drug-likeness (QED) is 0.317. The van der Waals surface area contributed by atoms with Crippen LogP contribution in [0.5, 0.6) is 0 Å². The van der Waals surface area contributed by atoms with Crippen molar-refractivity contribution in [1.82, 2.24) is 24.9 Å². The van der Waals surface area contributed by atoms with Gasteiger partial charge in [0.15, 0.2) is 5.96 Å². The Morgan fingerprint density at radius 3 is 2.22 bits per heavy atom. The van der Waals surface area contributed by atoms with Gasteiger partial charge in [-0.1, -0.05) is 24.3 Å². The number of halogens is 1. The fourth-order valence-electron chi connectivity index (χ4n) is 2.97. The van der Waals surface area contributed by atoms with Gasteiger partial charge in [0.25, 0.3) is 0 Å². The highest BCUT2D eigenvalue weighted by molar-refractivity contribution is 14.0. The van der Waals surface area contributed by atoms with E-state index >= 15 is 0 Å². The van der Waals surface area contributed by atoms with Crippen LogP contribution in [-0.2, 0) is 31.4 Å². The predicted octanol–water partition coefficient (Wildman–Crippen LogP) is 4.00. The average Bonchev–Trinajstić information content (AvgIpc) is 3.09. The Balaban J connectivity index is 0.00000512. The summed E-state index contributed by atoms with van der Waals surface area (Å²) >= 11 is 0. The van der Waals surface area contributed by atoms with Crippen molar-refractivity contribution in [3.8, 4) is 0 Å². The molecular weight excluding hydrogens is 519 g/mol. The summed E-state index contributed by atoms with van der Waals surface area (Å²) < 4.78 is 7.20. The number of rotatable bonds is 7. The number of amides is 1. The maximum absolute atomic E-state index is 12.1. The van der Waals surface area contributed by atoms with Crippen LogP contribution >= 0.6 is 24.0 Å². The van der Waals surface area contributed by atoms with Crippen LogP contribution in [0.2, 0.25) is 0 Å². The lowest BCUT2D eigenvalue weighted by Crippen LogP contribution is -2.38. The molecule has 2 aromatic rings. The zero-order chi connectivity index (χ0) is 23.0. The molecule has 178 valence electrons. The number of carbonyl (C=O) groups is 1. The van der Waals surface area contributed by atoms with Crippen LogP contribution < -0.4 is 5.32 Å². The summed E-state index contributed by atoms with van der Waals surface area (Å²) in [6, 6.07) is 8.15. The molecule has 0 unspecified atom stereocenters. The standard InChI is InChI=1S/C23H36N6O2.HI/c1-8-24-21(27(5)16-20-14-26-29(7)17-20)25-13-18-9-11-19(12-10-18)15-28(6)22(30)31-23(2,3)4;/h9-12,14,17H,8,13,15-16H2,1-7H3,(H,24,25);1H. The third-order valence-corrected chi connectivity index (χ3v) is 4.43. The van der Waals surface area contributed by atoms with Crippen molar-refractivity contribution < 1.29 is 9.53 Å². The van der Waals surface area contributed by atoms with Crippen LogP contribution in [-0.4, -0.2) is 57.9 Å². The maximum Gasteiger partial charge on any atom is 0.410 e. The molecule has 1 aromatic heterocycles. The van der Waals surface area contributed by atoms with E-state index in [9.17, 15) is 4.79 Å². The fraction of sp³-hybridized carbons (Fsp3) is 0.522. The van der Waals surface area contributed by atoms with E-state index in [0.717, 1.165) is 35.7 Å². The highest BCUT2D eigenvalue weighted by Crippen LogP contribution is 2.13. The molecule has 0 saturated heterocycles. The van der Waals surface area contributed by atoms with Gasteiger partial charge in [-0.2, -0.15) is 5.10 Å². The summed E-state index contributed by atoms with van der Waals surface area (Å²) in [6.45, 7) is 10.2. The molecular formula is C23H37IN6O2. The number of nitrogens with zero attached hydrogens (tertiary/aromatic N) is 5. The van der Waals surface area contributed by atoms with Crippen molar-refractivity contribution in [2.45, 2.75) is 52.9 Å². The lowest BCUT2D eigenvalue weighted by molar-refractivity contribution is 0.0285. The SMILES string of the molecule is CCNC(=NCc1ccc(CN(C)C(=O)OC(C)(C)C)cc1)N(C)Cc1cnn(C)c1.I. The molecule has 8 nitrogen and oxygen atoms in total. The minimum atomic E-state index is -0.498. The molecule has 1 amide bonds. The van der Waals surface area contributed by atoms with Gasteiger partial charge in [-0.05, 0) is 38.8 Å². The summed E-state index contributed by atoms with van der Waals surface area (Å²) in [5, 5.41) is 7.56. The molecule has 9 heteroatoms. The normalized spacial score (nSPS) is 11.5. The van der Waals surface area contributed by atoms with Gasteiger partial charge < -0.3 is 19.9 Å². The molecule has 0 saturated carbocycles. The van der Waals surface area contributed by atoms with Gasteiger partial charge in [0, 0.05) is 52.5 Å². The van der Waals surface area contributed by atoms with Gasteiger partial charge in [0.05, 0.1) is 12.7 Å². The monoisotopic (exact) mass is 556 g/mol. The van der Waals surface area contributed by atoms with E-state index in [0.29, 0.717) is 13.1 Å². The molecule has 0 bridgehead atoms. The van der Waals surface area contributed by atoms with E-state index in [2.05, 4.69) is 22.2 Å². The number of ether oxygens (including phenoxy) is 1. The molecule has 1 N–H and O–H groups in total. The number of guanidine groups is 1. The molecule has 0 aliphatic rings. The zero-order valence-corrected chi connectivity index (χ0v) is 22.6. The number of hydrogen-bond acceptors (Lipinski definition) is 4. The molecule has 0 aliphatic carbocycles. The summed E-state index contributed by atoms with van der Waals surface area (Å²) in [5.41, 5.74) is 2.78. The van der Waals surface area contributed by atoms with Gasteiger partial charge in [0.2, 0.25) is 0 Å². The molecule has 0 atom stereocenters. The molecule has 1 heterocycles. The van der Waals surface area contributed by atoms with E-state index in [1.807, 2.05) is 71.5 Å². The summed E-state index contributed by atoms with van der Waals surface area (Å²) in [4.78, 5) is 20.6.